The van der Waals surface area contributed by atoms with E-state index in [1.165, 1.54) is 7.11 Å². The van der Waals surface area contributed by atoms with Gasteiger partial charge in [-0.2, -0.15) is 4.98 Å². The molecule has 4 rings (SSSR count). The summed E-state index contributed by atoms with van der Waals surface area (Å²) in [5.74, 6) is -0.900. The van der Waals surface area contributed by atoms with Crippen LogP contribution in [0.4, 0.5) is 0 Å². The lowest BCUT2D eigenvalue weighted by Gasteiger charge is -2.17. The summed E-state index contributed by atoms with van der Waals surface area (Å²) in [5.41, 5.74) is 8.04. The molecule has 0 saturated carbocycles. The summed E-state index contributed by atoms with van der Waals surface area (Å²) in [6.45, 7) is 5.72. The zero-order valence-electron chi connectivity index (χ0n) is 28.8. The molecule has 51 heavy (non-hydrogen) atoms. The number of carbonyl (C=O) groups is 2. The molecule has 0 aliphatic carbocycles. The van der Waals surface area contributed by atoms with Gasteiger partial charge in [0.2, 0.25) is 11.8 Å². The van der Waals surface area contributed by atoms with Gasteiger partial charge in [-0.05, 0) is 71.0 Å². The SMILES string of the molecule is COc1nc(OCc2cccc(-c3cccc(-c4ccc(OCCNCC(O)CC(=O)O)cc4)c3C)c2C)c(Cl)cc1CNCC(O)CC(=O)O. The predicted molar refractivity (Wildman–Crippen MR) is 194 cm³/mol. The van der Waals surface area contributed by atoms with Gasteiger partial charge in [-0.3, -0.25) is 9.59 Å². The van der Waals surface area contributed by atoms with E-state index in [0.29, 0.717) is 30.3 Å². The topological polar surface area (TPSA) is 180 Å². The predicted octanol–water partition coefficient (Wildman–Crippen LogP) is 5.00. The fourth-order valence-corrected chi connectivity index (χ4v) is 5.81. The maximum atomic E-state index is 10.8. The van der Waals surface area contributed by atoms with Crippen molar-refractivity contribution in [2.24, 2.45) is 0 Å². The third kappa shape index (κ3) is 11.4. The number of rotatable bonds is 20. The van der Waals surface area contributed by atoms with Gasteiger partial charge in [-0.25, -0.2) is 0 Å². The molecule has 0 aliphatic heterocycles. The first-order valence-electron chi connectivity index (χ1n) is 16.5. The van der Waals surface area contributed by atoms with E-state index in [2.05, 4.69) is 47.7 Å². The van der Waals surface area contributed by atoms with Crippen molar-refractivity contribution in [3.63, 3.8) is 0 Å². The number of benzene rings is 3. The van der Waals surface area contributed by atoms with E-state index < -0.39 is 24.1 Å². The molecule has 2 unspecified atom stereocenters. The molecule has 12 nitrogen and oxygen atoms in total. The van der Waals surface area contributed by atoms with Crippen LogP contribution in [-0.2, 0) is 22.7 Å². The second-order valence-corrected chi connectivity index (χ2v) is 12.4. The number of carboxylic acids is 2. The number of nitrogens with zero attached hydrogens (tertiary/aromatic N) is 1. The molecule has 272 valence electrons. The summed E-state index contributed by atoms with van der Waals surface area (Å²) >= 11 is 6.54. The molecule has 0 aliphatic rings. The average Bonchev–Trinajstić information content (AvgIpc) is 3.08. The van der Waals surface area contributed by atoms with Gasteiger partial charge in [-0.1, -0.05) is 60.1 Å². The van der Waals surface area contributed by atoms with Crippen LogP contribution in [0.15, 0.2) is 66.7 Å². The van der Waals surface area contributed by atoms with Gasteiger partial charge in [0.25, 0.3) is 0 Å². The zero-order valence-corrected chi connectivity index (χ0v) is 29.6. The highest BCUT2D eigenvalue weighted by Crippen LogP contribution is 2.36. The molecule has 0 amide bonds. The van der Waals surface area contributed by atoms with E-state index in [0.717, 1.165) is 38.9 Å². The van der Waals surface area contributed by atoms with Crippen molar-refractivity contribution in [1.82, 2.24) is 15.6 Å². The minimum absolute atomic E-state index is 0.0805. The number of ether oxygens (including phenoxy) is 3. The van der Waals surface area contributed by atoms with Crippen LogP contribution in [0.1, 0.15) is 35.1 Å². The Kier molecular flexibility index (Phi) is 14.6. The number of hydrogen-bond donors (Lipinski definition) is 6. The zero-order chi connectivity index (χ0) is 36.9. The first-order chi connectivity index (χ1) is 24.5. The molecular formula is C38H44ClN3O9. The summed E-state index contributed by atoms with van der Waals surface area (Å²) < 4.78 is 17.3. The smallest absolute Gasteiger partial charge is 0.306 e. The van der Waals surface area contributed by atoms with Gasteiger partial charge >= 0.3 is 11.9 Å². The normalized spacial score (nSPS) is 12.3. The van der Waals surface area contributed by atoms with Gasteiger partial charge < -0.3 is 45.3 Å². The molecule has 3 aromatic carbocycles. The van der Waals surface area contributed by atoms with Gasteiger partial charge in [0.1, 0.15) is 24.0 Å². The Morgan fingerprint density at radius 2 is 1.39 bits per heavy atom. The number of hydrogen-bond acceptors (Lipinski definition) is 10. The Morgan fingerprint density at radius 1 is 0.784 bits per heavy atom. The number of pyridine rings is 1. The number of carboxylic acid groups (broad SMARTS) is 2. The van der Waals surface area contributed by atoms with Crippen molar-refractivity contribution in [2.75, 3.05) is 33.4 Å². The highest BCUT2D eigenvalue weighted by molar-refractivity contribution is 6.31. The molecule has 2 atom stereocenters. The Hall–Kier alpha value is -4.72. The standard InChI is InChI=1S/C38H44ClN3O9/c1-23-26(22-51-38-34(39)16-27(37(42-38)49-3)19-41-21-29(44)18-36(47)48)6-4-8-32(23)33-9-5-7-31(24(33)2)25-10-12-30(13-11-25)50-15-14-40-20-28(43)17-35(45)46/h4-13,16,28-29,40-41,43-44H,14-15,17-22H2,1-3H3,(H,45,46)(H,47,48). The van der Waals surface area contributed by atoms with E-state index in [9.17, 15) is 19.8 Å². The Labute approximate surface area is 302 Å². The lowest BCUT2D eigenvalue weighted by atomic mass is 9.89. The van der Waals surface area contributed by atoms with Crippen molar-refractivity contribution in [2.45, 2.75) is 52.0 Å². The highest BCUT2D eigenvalue weighted by Gasteiger charge is 2.17. The van der Waals surface area contributed by atoms with Crippen LogP contribution in [0.3, 0.4) is 0 Å². The van der Waals surface area contributed by atoms with Crippen LogP contribution in [0.25, 0.3) is 22.3 Å². The van der Waals surface area contributed by atoms with Crippen LogP contribution < -0.4 is 24.8 Å². The number of nitrogens with one attached hydrogen (secondary N) is 2. The van der Waals surface area contributed by atoms with Crippen molar-refractivity contribution < 1.29 is 44.2 Å². The maximum Gasteiger partial charge on any atom is 0.306 e. The Balaban J connectivity index is 1.40. The highest BCUT2D eigenvalue weighted by atomic mass is 35.5. The van der Waals surface area contributed by atoms with E-state index in [1.54, 1.807) is 6.07 Å². The van der Waals surface area contributed by atoms with Crippen LogP contribution in [0.5, 0.6) is 17.5 Å². The molecule has 4 aromatic rings. The van der Waals surface area contributed by atoms with Crippen LogP contribution >= 0.6 is 11.6 Å². The molecule has 1 heterocycles. The Bertz CT molecular complexity index is 1790. The van der Waals surface area contributed by atoms with Crippen molar-refractivity contribution in [3.8, 4) is 39.8 Å². The second kappa shape index (κ2) is 19.0. The monoisotopic (exact) mass is 721 g/mol. The number of aliphatic hydroxyl groups is 2. The lowest BCUT2D eigenvalue weighted by Crippen LogP contribution is -2.31. The number of methoxy groups -OCH3 is 1. The maximum absolute atomic E-state index is 10.8. The molecule has 0 bridgehead atoms. The van der Waals surface area contributed by atoms with Crippen molar-refractivity contribution in [3.05, 3.63) is 94.0 Å². The fourth-order valence-electron chi connectivity index (χ4n) is 5.58. The average molecular weight is 722 g/mol. The summed E-state index contributed by atoms with van der Waals surface area (Å²) in [7, 11) is 1.48. The molecular weight excluding hydrogens is 678 g/mol. The summed E-state index contributed by atoms with van der Waals surface area (Å²) in [5, 5.41) is 43.3. The first kappa shape index (κ1) is 39.1. The van der Waals surface area contributed by atoms with Crippen LogP contribution in [0, 0.1) is 13.8 Å². The van der Waals surface area contributed by atoms with E-state index in [4.69, 9.17) is 36.0 Å². The van der Waals surface area contributed by atoms with Crippen molar-refractivity contribution >= 4 is 23.5 Å². The lowest BCUT2D eigenvalue weighted by molar-refractivity contribution is -0.140. The van der Waals surface area contributed by atoms with E-state index in [-0.39, 0.29) is 50.0 Å². The van der Waals surface area contributed by atoms with Crippen LogP contribution in [-0.4, -0.2) is 82.9 Å². The van der Waals surface area contributed by atoms with E-state index >= 15 is 0 Å². The third-order valence-electron chi connectivity index (χ3n) is 8.22. The van der Waals surface area contributed by atoms with Crippen molar-refractivity contribution in [1.29, 1.82) is 0 Å². The minimum atomic E-state index is -1.08. The quantitative estimate of drug-likeness (QED) is 0.0674. The molecule has 1 aromatic heterocycles. The fraction of sp³-hybridized carbons (Fsp3) is 0.342. The third-order valence-corrected chi connectivity index (χ3v) is 8.49. The van der Waals surface area contributed by atoms with Gasteiger partial charge in [-0.15, -0.1) is 0 Å². The van der Waals surface area contributed by atoms with E-state index in [1.807, 2.05) is 42.5 Å². The van der Waals surface area contributed by atoms with Gasteiger partial charge in [0, 0.05) is 31.7 Å². The summed E-state index contributed by atoms with van der Waals surface area (Å²) in [4.78, 5) is 25.9. The summed E-state index contributed by atoms with van der Waals surface area (Å²) in [6, 6.07) is 21.8. The number of aliphatic carboxylic acids is 2. The Morgan fingerprint density at radius 3 is 2.04 bits per heavy atom. The molecule has 0 spiro atoms. The molecule has 13 heteroatoms. The number of halogens is 1. The summed E-state index contributed by atoms with van der Waals surface area (Å²) in [6.07, 6.45) is -2.63. The second-order valence-electron chi connectivity index (χ2n) is 12.0. The molecule has 0 radical (unpaired) electrons. The van der Waals surface area contributed by atoms with Gasteiger partial charge in [0.05, 0.1) is 32.2 Å². The molecule has 0 fully saturated rings. The number of aromatic nitrogens is 1. The minimum Gasteiger partial charge on any atom is -0.492 e. The van der Waals surface area contributed by atoms with Crippen LogP contribution in [0.2, 0.25) is 5.02 Å². The largest absolute Gasteiger partial charge is 0.492 e. The van der Waals surface area contributed by atoms with Gasteiger partial charge in [0.15, 0.2) is 0 Å². The molecule has 0 saturated heterocycles. The molecule has 6 N–H and O–H groups in total. The first-order valence-corrected chi connectivity index (χ1v) is 16.8. The number of aliphatic hydroxyl groups excluding tert-OH is 2.